The molecule has 118 valence electrons. The summed E-state index contributed by atoms with van der Waals surface area (Å²) in [5.74, 6) is 2.67. The van der Waals surface area contributed by atoms with Crippen LogP contribution in [0, 0.1) is 5.92 Å². The lowest BCUT2D eigenvalue weighted by Crippen LogP contribution is -2.32. The Morgan fingerprint density at radius 1 is 1.14 bits per heavy atom. The van der Waals surface area contributed by atoms with E-state index in [9.17, 15) is 0 Å². The van der Waals surface area contributed by atoms with E-state index in [0.717, 1.165) is 42.8 Å². The topological polar surface area (TPSA) is 59.7 Å². The molecule has 0 amide bonds. The van der Waals surface area contributed by atoms with Crippen molar-refractivity contribution in [1.29, 1.82) is 0 Å². The Kier molecular flexibility index (Phi) is 4.16. The van der Waals surface area contributed by atoms with Crippen LogP contribution in [0.4, 0.5) is 0 Å². The normalized spacial score (nSPS) is 19.6. The molecule has 22 heavy (non-hydrogen) atoms. The largest absolute Gasteiger partial charge is 0.301 e. The average molecular weight is 318 g/mol. The quantitative estimate of drug-likeness (QED) is 0.817. The van der Waals surface area contributed by atoms with Gasteiger partial charge in [-0.25, -0.2) is 9.67 Å². The lowest BCUT2D eigenvalue weighted by molar-refractivity contribution is 0.218. The van der Waals surface area contributed by atoms with Crippen LogP contribution in [-0.4, -0.2) is 48.0 Å². The summed E-state index contributed by atoms with van der Waals surface area (Å²) >= 11 is 1.23. The van der Waals surface area contributed by atoms with Crippen LogP contribution in [0.15, 0.2) is 6.20 Å². The van der Waals surface area contributed by atoms with Crippen molar-refractivity contribution in [3.05, 3.63) is 12.0 Å². The van der Waals surface area contributed by atoms with Gasteiger partial charge in [-0.2, -0.15) is 13.8 Å². The van der Waals surface area contributed by atoms with E-state index in [1.165, 1.54) is 56.9 Å². The zero-order valence-electron chi connectivity index (χ0n) is 12.8. The van der Waals surface area contributed by atoms with Gasteiger partial charge < -0.3 is 4.90 Å². The van der Waals surface area contributed by atoms with Crippen LogP contribution in [0.25, 0.3) is 11.5 Å². The fraction of sp³-hybridized carbons (Fsp3) is 0.733. The first kappa shape index (κ1) is 14.3. The SMILES string of the molecule is c1nsnc1-c1nc(CC2CC2)nn1CCN1CCCCC1. The number of nitrogens with zero attached hydrogens (tertiary/aromatic N) is 6. The maximum atomic E-state index is 4.75. The summed E-state index contributed by atoms with van der Waals surface area (Å²) in [5.41, 5.74) is 0.859. The molecule has 6 nitrogen and oxygen atoms in total. The summed E-state index contributed by atoms with van der Waals surface area (Å²) in [5, 5.41) is 4.75. The molecule has 0 aromatic carbocycles. The minimum atomic E-state index is 0.805. The average Bonchev–Trinajstić information content (AvgIpc) is 3.04. The van der Waals surface area contributed by atoms with Gasteiger partial charge in [-0.05, 0) is 44.7 Å². The molecular formula is C15H22N6S. The summed E-state index contributed by atoms with van der Waals surface area (Å²) < 4.78 is 10.5. The zero-order chi connectivity index (χ0) is 14.8. The smallest absolute Gasteiger partial charge is 0.179 e. The molecule has 4 rings (SSSR count). The number of piperidine rings is 1. The van der Waals surface area contributed by atoms with Crippen molar-refractivity contribution in [3.63, 3.8) is 0 Å². The van der Waals surface area contributed by atoms with Gasteiger partial charge in [0, 0.05) is 13.0 Å². The van der Waals surface area contributed by atoms with Gasteiger partial charge in [-0.15, -0.1) is 0 Å². The monoisotopic (exact) mass is 318 g/mol. The van der Waals surface area contributed by atoms with Gasteiger partial charge >= 0.3 is 0 Å². The minimum absolute atomic E-state index is 0.805. The molecule has 1 saturated heterocycles. The third kappa shape index (κ3) is 3.35. The second-order valence-electron chi connectivity index (χ2n) is 6.42. The van der Waals surface area contributed by atoms with Crippen molar-refractivity contribution in [2.45, 2.75) is 45.1 Å². The highest BCUT2D eigenvalue weighted by Gasteiger charge is 2.25. The number of aromatic nitrogens is 5. The molecule has 0 unspecified atom stereocenters. The van der Waals surface area contributed by atoms with Crippen molar-refractivity contribution >= 4 is 11.7 Å². The van der Waals surface area contributed by atoms with E-state index in [2.05, 4.69) is 13.6 Å². The number of likely N-dealkylation sites (tertiary alicyclic amines) is 1. The Bertz CT molecular complexity index is 598. The molecule has 0 N–H and O–H groups in total. The van der Waals surface area contributed by atoms with Crippen LogP contribution in [0.1, 0.15) is 37.9 Å². The minimum Gasteiger partial charge on any atom is -0.301 e. The molecule has 0 spiro atoms. The summed E-state index contributed by atoms with van der Waals surface area (Å²) in [7, 11) is 0. The zero-order valence-corrected chi connectivity index (χ0v) is 13.6. The molecule has 3 heterocycles. The van der Waals surface area contributed by atoms with Gasteiger partial charge in [0.25, 0.3) is 0 Å². The molecule has 2 fully saturated rings. The Hall–Kier alpha value is -1.34. The third-order valence-corrected chi connectivity index (χ3v) is 5.03. The highest BCUT2D eigenvalue weighted by Crippen LogP contribution is 2.32. The first-order valence-electron chi connectivity index (χ1n) is 8.32. The maximum Gasteiger partial charge on any atom is 0.179 e. The summed E-state index contributed by atoms with van der Waals surface area (Å²) in [6.07, 6.45) is 9.50. The Labute approximate surface area is 134 Å². The van der Waals surface area contributed by atoms with E-state index in [1.54, 1.807) is 6.20 Å². The standard InChI is InChI=1S/C15H22N6S/c1-2-6-20(7-3-1)8-9-21-15(13-11-16-22-19-13)17-14(18-21)10-12-4-5-12/h11-12H,1-10H2. The van der Waals surface area contributed by atoms with Crippen LogP contribution in [0.5, 0.6) is 0 Å². The molecule has 1 aliphatic heterocycles. The fourth-order valence-electron chi connectivity index (χ4n) is 3.08. The molecule has 0 radical (unpaired) electrons. The highest BCUT2D eigenvalue weighted by molar-refractivity contribution is 6.99. The number of rotatable bonds is 6. The Morgan fingerprint density at radius 2 is 2.00 bits per heavy atom. The van der Waals surface area contributed by atoms with Crippen LogP contribution in [0.3, 0.4) is 0 Å². The van der Waals surface area contributed by atoms with Crippen LogP contribution in [-0.2, 0) is 13.0 Å². The van der Waals surface area contributed by atoms with Gasteiger partial charge in [0.15, 0.2) is 11.6 Å². The van der Waals surface area contributed by atoms with Crippen LogP contribution < -0.4 is 0 Å². The first-order chi connectivity index (χ1) is 10.9. The number of hydrogen-bond donors (Lipinski definition) is 0. The van der Waals surface area contributed by atoms with E-state index in [1.807, 2.05) is 4.68 Å². The van der Waals surface area contributed by atoms with Crippen molar-refractivity contribution in [2.75, 3.05) is 19.6 Å². The second kappa shape index (κ2) is 6.42. The van der Waals surface area contributed by atoms with Gasteiger partial charge in [-0.3, -0.25) is 0 Å². The number of hydrogen-bond acceptors (Lipinski definition) is 6. The van der Waals surface area contributed by atoms with E-state index in [4.69, 9.17) is 10.1 Å². The molecular weight excluding hydrogens is 296 g/mol. The first-order valence-corrected chi connectivity index (χ1v) is 9.05. The van der Waals surface area contributed by atoms with E-state index < -0.39 is 0 Å². The molecule has 1 aliphatic carbocycles. The predicted octanol–water partition coefficient (Wildman–Crippen LogP) is 2.24. The van der Waals surface area contributed by atoms with E-state index >= 15 is 0 Å². The predicted molar refractivity (Wildman–Crippen MR) is 85.6 cm³/mol. The van der Waals surface area contributed by atoms with Crippen LogP contribution in [0.2, 0.25) is 0 Å². The second-order valence-corrected chi connectivity index (χ2v) is 6.97. The van der Waals surface area contributed by atoms with Gasteiger partial charge in [0.2, 0.25) is 0 Å². The Balaban J connectivity index is 1.49. The summed E-state index contributed by atoms with van der Waals surface area (Å²) in [6.45, 7) is 4.38. The fourth-order valence-corrected chi connectivity index (χ4v) is 3.49. The Morgan fingerprint density at radius 3 is 2.73 bits per heavy atom. The van der Waals surface area contributed by atoms with Crippen molar-refractivity contribution in [3.8, 4) is 11.5 Å². The third-order valence-electron chi connectivity index (χ3n) is 4.55. The van der Waals surface area contributed by atoms with Gasteiger partial charge in [0.1, 0.15) is 5.69 Å². The maximum absolute atomic E-state index is 4.75. The van der Waals surface area contributed by atoms with Crippen LogP contribution >= 0.6 is 11.7 Å². The molecule has 2 aliphatic rings. The van der Waals surface area contributed by atoms with Gasteiger partial charge in [-0.1, -0.05) is 6.42 Å². The lowest BCUT2D eigenvalue weighted by atomic mass is 10.1. The lowest BCUT2D eigenvalue weighted by Gasteiger charge is -2.26. The van der Waals surface area contributed by atoms with E-state index in [-0.39, 0.29) is 0 Å². The molecule has 0 atom stereocenters. The molecule has 2 aromatic rings. The van der Waals surface area contributed by atoms with Crippen molar-refractivity contribution in [2.24, 2.45) is 5.92 Å². The van der Waals surface area contributed by atoms with Crippen molar-refractivity contribution in [1.82, 2.24) is 28.4 Å². The molecule has 0 bridgehead atoms. The molecule has 7 heteroatoms. The van der Waals surface area contributed by atoms with Crippen molar-refractivity contribution < 1.29 is 0 Å². The van der Waals surface area contributed by atoms with Gasteiger partial charge in [0.05, 0.1) is 24.5 Å². The molecule has 1 saturated carbocycles. The highest BCUT2D eigenvalue weighted by atomic mass is 32.1. The molecule has 2 aromatic heterocycles. The van der Waals surface area contributed by atoms with E-state index in [0.29, 0.717) is 0 Å². The summed E-state index contributed by atoms with van der Waals surface area (Å²) in [4.78, 5) is 7.27. The summed E-state index contributed by atoms with van der Waals surface area (Å²) in [6, 6.07) is 0.